The van der Waals surface area contributed by atoms with Crippen LogP contribution >= 0.6 is 0 Å². The molecule has 1 N–H and O–H groups in total. The van der Waals surface area contributed by atoms with E-state index in [1.165, 1.54) is 57.8 Å². The third-order valence-electron chi connectivity index (χ3n) is 5.61. The van der Waals surface area contributed by atoms with Gasteiger partial charge < -0.3 is 14.8 Å². The second-order valence-electron chi connectivity index (χ2n) is 6.98. The van der Waals surface area contributed by atoms with Crippen LogP contribution in [0.1, 0.15) is 64.7 Å². The van der Waals surface area contributed by atoms with Gasteiger partial charge in [-0.3, -0.25) is 0 Å². The third kappa shape index (κ3) is 3.20. The monoisotopic (exact) mass is 281 g/mol. The van der Waals surface area contributed by atoms with Crippen LogP contribution in [0.4, 0.5) is 0 Å². The zero-order valence-electron chi connectivity index (χ0n) is 13.0. The van der Waals surface area contributed by atoms with Crippen molar-refractivity contribution in [3.8, 4) is 0 Å². The van der Waals surface area contributed by atoms with Crippen molar-refractivity contribution < 1.29 is 9.47 Å². The maximum Gasteiger partial charge on any atom is 0.0730 e. The number of ether oxygens (including phenoxy) is 2. The first-order valence-corrected chi connectivity index (χ1v) is 8.82. The zero-order chi connectivity index (χ0) is 13.8. The summed E-state index contributed by atoms with van der Waals surface area (Å²) in [7, 11) is 0. The topological polar surface area (TPSA) is 30.5 Å². The van der Waals surface area contributed by atoms with Crippen molar-refractivity contribution in [2.75, 3.05) is 19.8 Å². The summed E-state index contributed by atoms with van der Waals surface area (Å²) in [6.45, 7) is 5.19. The molecule has 2 heterocycles. The van der Waals surface area contributed by atoms with Gasteiger partial charge in [0.2, 0.25) is 0 Å². The molecule has 0 radical (unpaired) electrons. The Bertz CT molecular complexity index is 295. The summed E-state index contributed by atoms with van der Waals surface area (Å²) >= 11 is 0. The number of nitrogens with one attached hydrogen (secondary N) is 1. The molecular weight excluding hydrogens is 250 g/mol. The lowest BCUT2D eigenvalue weighted by Gasteiger charge is -2.44. The van der Waals surface area contributed by atoms with Gasteiger partial charge in [0, 0.05) is 19.3 Å². The molecule has 3 heteroatoms. The normalized spacial score (nSPS) is 35.2. The Morgan fingerprint density at radius 1 is 1.10 bits per heavy atom. The summed E-state index contributed by atoms with van der Waals surface area (Å²) in [5.41, 5.74) is 0.227. The van der Waals surface area contributed by atoms with Crippen LogP contribution in [0.5, 0.6) is 0 Å². The second kappa shape index (κ2) is 6.76. The first-order valence-electron chi connectivity index (χ1n) is 8.82. The zero-order valence-corrected chi connectivity index (χ0v) is 13.0. The molecule has 20 heavy (non-hydrogen) atoms. The number of hydrogen-bond acceptors (Lipinski definition) is 3. The Hall–Kier alpha value is -0.120. The van der Waals surface area contributed by atoms with Crippen LogP contribution in [0.2, 0.25) is 0 Å². The second-order valence-corrected chi connectivity index (χ2v) is 6.98. The molecule has 0 bridgehead atoms. The molecule has 1 saturated carbocycles. The molecule has 0 aromatic rings. The fourth-order valence-corrected chi connectivity index (χ4v) is 4.63. The van der Waals surface area contributed by atoms with E-state index in [1.807, 2.05) is 0 Å². The van der Waals surface area contributed by atoms with E-state index in [1.54, 1.807) is 0 Å². The van der Waals surface area contributed by atoms with Gasteiger partial charge in [0.25, 0.3) is 0 Å². The molecule has 3 fully saturated rings. The highest BCUT2D eigenvalue weighted by atomic mass is 16.5. The summed E-state index contributed by atoms with van der Waals surface area (Å²) in [4.78, 5) is 0. The van der Waals surface area contributed by atoms with E-state index >= 15 is 0 Å². The molecule has 3 aliphatic rings. The van der Waals surface area contributed by atoms with Crippen LogP contribution in [0, 0.1) is 5.92 Å². The minimum absolute atomic E-state index is 0.227. The molecule has 0 aromatic heterocycles. The van der Waals surface area contributed by atoms with Gasteiger partial charge in [-0.05, 0) is 57.4 Å². The van der Waals surface area contributed by atoms with Crippen LogP contribution in [0.3, 0.4) is 0 Å². The van der Waals surface area contributed by atoms with Gasteiger partial charge in [0.05, 0.1) is 11.7 Å². The number of likely N-dealkylation sites (N-methyl/N-ethyl adjacent to an activating group) is 1. The van der Waals surface area contributed by atoms with Gasteiger partial charge in [-0.2, -0.15) is 0 Å². The summed E-state index contributed by atoms with van der Waals surface area (Å²) in [6.07, 6.45) is 12.0. The minimum atomic E-state index is 0.227. The fraction of sp³-hybridized carbons (Fsp3) is 1.00. The molecule has 0 aromatic carbocycles. The molecule has 2 aliphatic heterocycles. The lowest BCUT2D eigenvalue weighted by Crippen LogP contribution is -2.52. The molecule has 2 saturated heterocycles. The summed E-state index contributed by atoms with van der Waals surface area (Å²) in [6, 6.07) is 0.543. The molecule has 1 aliphatic carbocycles. The minimum Gasteiger partial charge on any atom is -0.377 e. The molecule has 3 unspecified atom stereocenters. The van der Waals surface area contributed by atoms with Gasteiger partial charge in [-0.25, -0.2) is 0 Å². The predicted octanol–water partition coefficient (Wildman–Crippen LogP) is 3.27. The first kappa shape index (κ1) is 14.8. The van der Waals surface area contributed by atoms with Gasteiger partial charge in [0.15, 0.2) is 0 Å². The van der Waals surface area contributed by atoms with Crippen LogP contribution < -0.4 is 5.32 Å². The highest BCUT2D eigenvalue weighted by Crippen LogP contribution is 2.43. The average Bonchev–Trinajstić information content (AvgIpc) is 2.93. The Balaban J connectivity index is 1.66. The Kier molecular flexibility index (Phi) is 5.00. The Labute approximate surface area is 123 Å². The van der Waals surface area contributed by atoms with Gasteiger partial charge in [-0.15, -0.1) is 0 Å². The molecule has 116 valence electrons. The largest absolute Gasteiger partial charge is 0.377 e. The predicted molar refractivity (Wildman–Crippen MR) is 80.9 cm³/mol. The number of rotatable bonds is 4. The van der Waals surface area contributed by atoms with E-state index in [0.717, 1.165) is 25.7 Å². The van der Waals surface area contributed by atoms with Crippen molar-refractivity contribution in [3.05, 3.63) is 0 Å². The van der Waals surface area contributed by atoms with E-state index in [9.17, 15) is 0 Å². The van der Waals surface area contributed by atoms with Gasteiger partial charge in [0.1, 0.15) is 0 Å². The third-order valence-corrected chi connectivity index (χ3v) is 5.61. The molecule has 0 amide bonds. The van der Waals surface area contributed by atoms with Crippen molar-refractivity contribution >= 4 is 0 Å². The standard InChI is InChI=1S/C17H31NO2/c1-2-18-16(15-7-3-6-11-19-15)14-8-12-20-17(13-14)9-4-5-10-17/h14-16,18H,2-13H2,1H3. The van der Waals surface area contributed by atoms with Gasteiger partial charge in [-0.1, -0.05) is 19.8 Å². The SMILES string of the molecule is CCNC(C1CCOC2(CCCC2)C1)C1CCCCO1. The van der Waals surface area contributed by atoms with Crippen LogP contribution in [0.25, 0.3) is 0 Å². The maximum atomic E-state index is 6.20. The van der Waals surface area contributed by atoms with Crippen LogP contribution in [0.15, 0.2) is 0 Å². The molecule has 3 nitrogen and oxygen atoms in total. The van der Waals surface area contributed by atoms with Crippen LogP contribution in [-0.2, 0) is 9.47 Å². The van der Waals surface area contributed by atoms with E-state index in [0.29, 0.717) is 12.1 Å². The fourth-order valence-electron chi connectivity index (χ4n) is 4.63. The van der Waals surface area contributed by atoms with Crippen molar-refractivity contribution in [2.45, 2.75) is 82.5 Å². The first-order chi connectivity index (χ1) is 9.83. The summed E-state index contributed by atoms with van der Waals surface area (Å²) in [5, 5.41) is 3.75. The quantitative estimate of drug-likeness (QED) is 0.858. The average molecular weight is 281 g/mol. The van der Waals surface area contributed by atoms with E-state index in [4.69, 9.17) is 9.47 Å². The van der Waals surface area contributed by atoms with Gasteiger partial charge >= 0.3 is 0 Å². The lowest BCUT2D eigenvalue weighted by molar-refractivity contribution is -0.112. The Morgan fingerprint density at radius 2 is 1.95 bits per heavy atom. The molecule has 1 spiro atoms. The summed E-state index contributed by atoms with van der Waals surface area (Å²) < 4.78 is 12.3. The molecule has 3 rings (SSSR count). The van der Waals surface area contributed by atoms with E-state index < -0.39 is 0 Å². The highest BCUT2D eigenvalue weighted by molar-refractivity contribution is 4.96. The van der Waals surface area contributed by atoms with Crippen molar-refractivity contribution in [1.29, 1.82) is 0 Å². The van der Waals surface area contributed by atoms with Crippen molar-refractivity contribution in [1.82, 2.24) is 5.32 Å². The van der Waals surface area contributed by atoms with E-state index in [-0.39, 0.29) is 5.60 Å². The van der Waals surface area contributed by atoms with Crippen LogP contribution in [-0.4, -0.2) is 37.5 Å². The highest BCUT2D eigenvalue weighted by Gasteiger charge is 2.43. The van der Waals surface area contributed by atoms with Crippen molar-refractivity contribution in [3.63, 3.8) is 0 Å². The molecule has 3 atom stereocenters. The molecular formula is C17H31NO2. The van der Waals surface area contributed by atoms with E-state index in [2.05, 4.69) is 12.2 Å². The summed E-state index contributed by atoms with van der Waals surface area (Å²) in [5.74, 6) is 0.741. The maximum absolute atomic E-state index is 6.20. The smallest absolute Gasteiger partial charge is 0.0730 e. The Morgan fingerprint density at radius 3 is 2.65 bits per heavy atom. The number of hydrogen-bond donors (Lipinski definition) is 1. The van der Waals surface area contributed by atoms with Crippen molar-refractivity contribution in [2.24, 2.45) is 5.92 Å². The lowest BCUT2D eigenvalue weighted by atomic mass is 9.78.